The fourth-order valence-corrected chi connectivity index (χ4v) is 7.38. The van der Waals surface area contributed by atoms with Crippen LogP contribution in [0, 0.1) is 30.6 Å². The van der Waals surface area contributed by atoms with Crippen LogP contribution in [0.15, 0.2) is 52.9 Å². The molecule has 2 fully saturated rings. The van der Waals surface area contributed by atoms with Gasteiger partial charge in [-0.25, -0.2) is 9.88 Å². The van der Waals surface area contributed by atoms with Gasteiger partial charge < -0.3 is 5.32 Å². The maximum Gasteiger partial charge on any atom is 0.238 e. The van der Waals surface area contributed by atoms with E-state index >= 15 is 0 Å². The molecular formula is C25H20ClN3O3S2. The molecule has 1 saturated heterocycles. The molecule has 6 nitrogen and oxygen atoms in total. The first-order valence-corrected chi connectivity index (χ1v) is 13.2. The Kier molecular flexibility index (Phi) is 5.28. The van der Waals surface area contributed by atoms with Crippen molar-refractivity contribution in [3.05, 3.63) is 59.1 Å². The van der Waals surface area contributed by atoms with Crippen LogP contribution in [0.25, 0.3) is 10.2 Å². The number of thiazole rings is 1. The standard InChI is InChI=1S/C25H20ClN3O3S2/c1-12-16(26)3-2-4-17(12)27-20(30)11-33-25-28-18-8-7-15(10-19(18)34-25)29-23(31)21-13-5-6-14(9-13)22(21)24(29)32/h2-8,10,13-14,21-22H,9,11H2,1H3,(H,27,30)/t13-,14-,21+,22+/m0/s1. The second-order valence-corrected chi connectivity index (χ2v) is 11.6. The minimum absolute atomic E-state index is 0.0849. The lowest BCUT2D eigenvalue weighted by Crippen LogP contribution is -2.32. The molecule has 2 heterocycles. The number of anilines is 2. The Hall–Kier alpha value is -2.68. The zero-order valence-corrected chi connectivity index (χ0v) is 20.5. The molecule has 2 aromatic carbocycles. The predicted molar refractivity (Wildman–Crippen MR) is 135 cm³/mol. The van der Waals surface area contributed by atoms with E-state index in [9.17, 15) is 14.4 Å². The van der Waals surface area contributed by atoms with Gasteiger partial charge in [0.1, 0.15) is 0 Å². The van der Waals surface area contributed by atoms with Crippen molar-refractivity contribution in [3.8, 4) is 0 Å². The highest BCUT2D eigenvalue weighted by Gasteiger charge is 2.59. The van der Waals surface area contributed by atoms with Crippen molar-refractivity contribution < 1.29 is 14.4 Å². The first-order chi connectivity index (χ1) is 16.4. The molecule has 2 bridgehead atoms. The summed E-state index contributed by atoms with van der Waals surface area (Å²) in [6, 6.07) is 10.9. The lowest BCUT2D eigenvalue weighted by molar-refractivity contribution is -0.123. The molecule has 2 aliphatic carbocycles. The molecule has 0 unspecified atom stereocenters. The fraction of sp³-hybridized carbons (Fsp3) is 0.280. The molecule has 172 valence electrons. The van der Waals surface area contributed by atoms with Crippen LogP contribution in [0.5, 0.6) is 0 Å². The average molecular weight is 510 g/mol. The second kappa shape index (κ2) is 8.22. The van der Waals surface area contributed by atoms with E-state index in [1.165, 1.54) is 28.0 Å². The van der Waals surface area contributed by atoms with Crippen molar-refractivity contribution in [1.82, 2.24) is 4.98 Å². The summed E-state index contributed by atoms with van der Waals surface area (Å²) in [5.41, 5.74) is 2.91. The van der Waals surface area contributed by atoms with Crippen LogP contribution in [0.3, 0.4) is 0 Å². The summed E-state index contributed by atoms with van der Waals surface area (Å²) in [4.78, 5) is 44.6. The molecule has 34 heavy (non-hydrogen) atoms. The summed E-state index contributed by atoms with van der Waals surface area (Å²) >= 11 is 8.93. The van der Waals surface area contributed by atoms with Crippen molar-refractivity contribution in [3.63, 3.8) is 0 Å². The van der Waals surface area contributed by atoms with Crippen molar-refractivity contribution in [1.29, 1.82) is 0 Å². The monoisotopic (exact) mass is 509 g/mol. The minimum Gasteiger partial charge on any atom is -0.325 e. The number of hydrogen-bond donors (Lipinski definition) is 1. The van der Waals surface area contributed by atoms with Gasteiger partial charge in [0, 0.05) is 10.7 Å². The largest absolute Gasteiger partial charge is 0.325 e. The van der Waals surface area contributed by atoms with Gasteiger partial charge in [-0.15, -0.1) is 11.3 Å². The number of thioether (sulfide) groups is 1. The van der Waals surface area contributed by atoms with Gasteiger partial charge in [0.15, 0.2) is 4.34 Å². The van der Waals surface area contributed by atoms with Crippen molar-refractivity contribution in [2.75, 3.05) is 16.0 Å². The van der Waals surface area contributed by atoms with Crippen LogP contribution in [0.1, 0.15) is 12.0 Å². The number of nitrogens with zero attached hydrogens (tertiary/aromatic N) is 2. The summed E-state index contributed by atoms with van der Waals surface area (Å²) in [6.07, 6.45) is 5.11. The molecule has 0 radical (unpaired) electrons. The van der Waals surface area contributed by atoms with Crippen molar-refractivity contribution in [2.45, 2.75) is 17.7 Å². The van der Waals surface area contributed by atoms with Gasteiger partial charge in [-0.1, -0.05) is 41.6 Å². The Morgan fingerprint density at radius 2 is 1.91 bits per heavy atom. The molecule has 4 atom stereocenters. The molecule has 1 N–H and O–H groups in total. The molecule has 1 aromatic heterocycles. The number of carbonyl (C=O) groups excluding carboxylic acids is 3. The van der Waals surface area contributed by atoms with Gasteiger partial charge in [-0.05, 0) is 61.1 Å². The number of benzene rings is 2. The van der Waals surface area contributed by atoms with Crippen molar-refractivity contribution >= 4 is 74.0 Å². The number of carbonyl (C=O) groups is 3. The number of amides is 3. The van der Waals surface area contributed by atoms with Crippen LogP contribution < -0.4 is 10.2 Å². The normalized spacial score (nSPS) is 24.9. The molecule has 0 spiro atoms. The third kappa shape index (κ3) is 3.47. The SMILES string of the molecule is Cc1c(Cl)cccc1NC(=O)CSc1nc2ccc(N3C(=O)[C@H]4[C@H](C3=O)[C@H]3C=C[C@H]4C3)cc2s1. The zero-order valence-electron chi connectivity index (χ0n) is 18.2. The Morgan fingerprint density at radius 3 is 2.65 bits per heavy atom. The van der Waals surface area contributed by atoms with Gasteiger partial charge >= 0.3 is 0 Å². The molecule has 9 heteroatoms. The van der Waals surface area contributed by atoms with Gasteiger partial charge in [0.2, 0.25) is 17.7 Å². The molecule has 3 amide bonds. The number of hydrogen-bond acceptors (Lipinski definition) is 6. The summed E-state index contributed by atoms with van der Waals surface area (Å²) in [5, 5.41) is 3.49. The van der Waals surface area contributed by atoms with Gasteiger partial charge in [-0.3, -0.25) is 14.4 Å². The minimum atomic E-state index is -0.215. The summed E-state index contributed by atoms with van der Waals surface area (Å²) < 4.78 is 1.63. The van der Waals surface area contributed by atoms with Crippen LogP contribution in [0.2, 0.25) is 5.02 Å². The lowest BCUT2D eigenvalue weighted by atomic mass is 9.85. The van der Waals surface area contributed by atoms with E-state index in [1.54, 1.807) is 18.2 Å². The number of imide groups is 1. The molecule has 6 rings (SSSR count). The number of allylic oxidation sites excluding steroid dienone is 2. The van der Waals surface area contributed by atoms with Gasteiger partial charge in [-0.2, -0.15) is 0 Å². The summed E-state index contributed by atoms with van der Waals surface area (Å²) in [5.74, 6) is -0.155. The molecular weight excluding hydrogens is 490 g/mol. The third-order valence-electron chi connectivity index (χ3n) is 6.95. The first kappa shape index (κ1) is 21.8. The van der Waals surface area contributed by atoms with E-state index in [0.717, 1.165) is 26.5 Å². The van der Waals surface area contributed by atoms with E-state index in [1.807, 2.05) is 25.1 Å². The number of nitrogens with one attached hydrogen (secondary N) is 1. The van der Waals surface area contributed by atoms with E-state index in [-0.39, 0.29) is 47.1 Å². The zero-order chi connectivity index (χ0) is 23.6. The van der Waals surface area contributed by atoms with Crippen LogP contribution in [-0.4, -0.2) is 28.5 Å². The number of halogens is 1. The van der Waals surface area contributed by atoms with Crippen molar-refractivity contribution in [2.24, 2.45) is 23.7 Å². The number of fused-ring (bicyclic) bond motifs is 6. The van der Waals surface area contributed by atoms with Crippen LogP contribution in [0.4, 0.5) is 11.4 Å². The first-order valence-electron chi connectivity index (χ1n) is 11.0. The van der Waals surface area contributed by atoms with Crippen LogP contribution in [-0.2, 0) is 14.4 Å². The number of rotatable bonds is 5. The molecule has 1 saturated carbocycles. The van der Waals surface area contributed by atoms with Gasteiger partial charge in [0.25, 0.3) is 0 Å². The van der Waals surface area contributed by atoms with E-state index in [2.05, 4.69) is 22.5 Å². The van der Waals surface area contributed by atoms with E-state index < -0.39 is 0 Å². The highest BCUT2D eigenvalue weighted by molar-refractivity contribution is 8.01. The topological polar surface area (TPSA) is 79.4 Å². The van der Waals surface area contributed by atoms with E-state index in [4.69, 9.17) is 11.6 Å². The maximum absolute atomic E-state index is 13.1. The molecule has 3 aromatic rings. The Bertz CT molecular complexity index is 1370. The second-order valence-electron chi connectivity index (χ2n) is 8.89. The average Bonchev–Trinajstić information content (AvgIpc) is 3.58. The number of aromatic nitrogens is 1. The highest BCUT2D eigenvalue weighted by Crippen LogP contribution is 2.53. The lowest BCUT2D eigenvalue weighted by Gasteiger charge is -2.17. The predicted octanol–water partition coefficient (Wildman–Crippen LogP) is 5.30. The van der Waals surface area contributed by atoms with Gasteiger partial charge in [0.05, 0.1) is 33.5 Å². The van der Waals surface area contributed by atoms with Crippen LogP contribution >= 0.6 is 34.7 Å². The third-order valence-corrected chi connectivity index (χ3v) is 9.52. The molecule has 1 aliphatic heterocycles. The summed E-state index contributed by atoms with van der Waals surface area (Å²) in [7, 11) is 0. The Morgan fingerprint density at radius 1 is 1.18 bits per heavy atom. The van der Waals surface area contributed by atoms with E-state index in [0.29, 0.717) is 16.4 Å². The fourth-order valence-electron chi connectivity index (χ4n) is 5.31. The maximum atomic E-state index is 13.1. The quantitative estimate of drug-likeness (QED) is 0.287. The summed E-state index contributed by atoms with van der Waals surface area (Å²) in [6.45, 7) is 1.86. The molecule has 3 aliphatic rings. The smallest absolute Gasteiger partial charge is 0.238 e. The Labute approximate surface area is 209 Å². The highest BCUT2D eigenvalue weighted by atomic mass is 35.5. The Balaban J connectivity index is 1.17.